The Balaban J connectivity index is 1.88. The average molecular weight is 414 g/mol. The summed E-state index contributed by atoms with van der Waals surface area (Å²) in [6.45, 7) is 3.95. The van der Waals surface area contributed by atoms with Gasteiger partial charge in [0.15, 0.2) is 23.1 Å². The summed E-state index contributed by atoms with van der Waals surface area (Å²) in [5.74, 6) is 0.678. The molecule has 29 heavy (non-hydrogen) atoms. The molecule has 0 radical (unpaired) electrons. The monoisotopic (exact) mass is 413 g/mol. The summed E-state index contributed by atoms with van der Waals surface area (Å²) in [5, 5.41) is 3.80. The Morgan fingerprint density at radius 1 is 1.10 bits per heavy atom. The first-order chi connectivity index (χ1) is 14.0. The van der Waals surface area contributed by atoms with Crippen molar-refractivity contribution >= 4 is 23.2 Å². The minimum Gasteiger partial charge on any atom is -0.493 e. The van der Waals surface area contributed by atoms with E-state index in [4.69, 9.17) is 21.1 Å². The summed E-state index contributed by atoms with van der Waals surface area (Å²) in [6.07, 6.45) is 5.91. The van der Waals surface area contributed by atoms with Gasteiger partial charge in [-0.25, -0.2) is 0 Å². The minimum absolute atomic E-state index is 0.0933. The van der Waals surface area contributed by atoms with Gasteiger partial charge in [-0.1, -0.05) is 24.3 Å². The molecule has 2 aliphatic carbocycles. The van der Waals surface area contributed by atoms with Gasteiger partial charge in [-0.15, -0.1) is 0 Å². The summed E-state index contributed by atoms with van der Waals surface area (Å²) < 4.78 is 11.2. The zero-order valence-corrected chi connectivity index (χ0v) is 17.2. The summed E-state index contributed by atoms with van der Waals surface area (Å²) in [6, 6.07) is 3.62. The quantitative estimate of drug-likeness (QED) is 0.714. The Morgan fingerprint density at radius 2 is 1.72 bits per heavy atom. The smallest absolute Gasteiger partial charge is 0.180 e. The molecule has 0 fully saturated rings. The number of rotatable bonds is 5. The number of carbonyl (C=O) groups is 2. The lowest BCUT2D eigenvalue weighted by Crippen LogP contribution is -2.36. The van der Waals surface area contributed by atoms with E-state index in [-0.39, 0.29) is 11.6 Å². The first-order valence-electron chi connectivity index (χ1n) is 9.95. The average Bonchev–Trinajstić information content (AvgIpc) is 2.71. The van der Waals surface area contributed by atoms with E-state index in [1.54, 1.807) is 19.3 Å². The third kappa shape index (κ3) is 3.48. The van der Waals surface area contributed by atoms with Crippen LogP contribution in [0.3, 0.4) is 0 Å². The Hall–Kier alpha value is -2.53. The van der Waals surface area contributed by atoms with Crippen LogP contribution in [0.5, 0.6) is 11.5 Å². The lowest BCUT2D eigenvalue weighted by molar-refractivity contribution is -0.116. The lowest BCUT2D eigenvalue weighted by atomic mass is 9.71. The van der Waals surface area contributed by atoms with Gasteiger partial charge in [0, 0.05) is 41.3 Å². The van der Waals surface area contributed by atoms with E-state index in [1.807, 2.05) is 6.07 Å². The third-order valence-electron chi connectivity index (χ3n) is 5.72. The van der Waals surface area contributed by atoms with Gasteiger partial charge in [0.1, 0.15) is 6.61 Å². The predicted octanol–water partition coefficient (Wildman–Crippen LogP) is 4.61. The first kappa shape index (κ1) is 19.8. The van der Waals surface area contributed by atoms with Gasteiger partial charge in [-0.2, -0.15) is 0 Å². The number of ether oxygens (including phenoxy) is 2. The number of carbonyl (C=O) groups excluding carboxylic acids is 2. The van der Waals surface area contributed by atoms with Crippen molar-refractivity contribution in [3.05, 3.63) is 57.9 Å². The molecule has 1 aromatic carbocycles. The molecule has 0 saturated carbocycles. The van der Waals surface area contributed by atoms with Crippen LogP contribution in [0.25, 0.3) is 0 Å². The van der Waals surface area contributed by atoms with E-state index < -0.39 is 5.92 Å². The van der Waals surface area contributed by atoms with Crippen molar-refractivity contribution in [1.82, 2.24) is 5.32 Å². The fraction of sp³-hybridized carbons (Fsp3) is 0.391. The highest BCUT2D eigenvalue weighted by molar-refractivity contribution is 6.32. The molecule has 5 nitrogen and oxygen atoms in total. The van der Waals surface area contributed by atoms with Crippen molar-refractivity contribution in [3.63, 3.8) is 0 Å². The van der Waals surface area contributed by atoms with E-state index in [2.05, 4.69) is 11.9 Å². The summed E-state index contributed by atoms with van der Waals surface area (Å²) >= 11 is 6.53. The number of methoxy groups -OCH3 is 1. The van der Waals surface area contributed by atoms with Crippen LogP contribution in [-0.4, -0.2) is 25.3 Å². The number of nitrogens with one attached hydrogen (secondary N) is 1. The topological polar surface area (TPSA) is 64.6 Å². The molecular weight excluding hydrogens is 390 g/mol. The van der Waals surface area contributed by atoms with E-state index in [0.717, 1.165) is 42.6 Å². The van der Waals surface area contributed by atoms with Gasteiger partial charge in [0.2, 0.25) is 0 Å². The highest BCUT2D eigenvalue weighted by atomic mass is 35.5. The van der Waals surface area contributed by atoms with Gasteiger partial charge in [-0.3, -0.25) is 9.59 Å². The van der Waals surface area contributed by atoms with Crippen LogP contribution in [0.4, 0.5) is 0 Å². The first-order valence-corrected chi connectivity index (χ1v) is 10.3. The highest BCUT2D eigenvalue weighted by Crippen LogP contribution is 2.48. The predicted molar refractivity (Wildman–Crippen MR) is 111 cm³/mol. The zero-order chi connectivity index (χ0) is 20.5. The molecule has 0 aromatic heterocycles. The zero-order valence-electron chi connectivity index (χ0n) is 16.5. The molecule has 0 unspecified atom stereocenters. The van der Waals surface area contributed by atoms with Crippen LogP contribution >= 0.6 is 11.6 Å². The van der Waals surface area contributed by atoms with Crippen molar-refractivity contribution in [3.8, 4) is 11.5 Å². The van der Waals surface area contributed by atoms with Crippen LogP contribution in [-0.2, 0) is 9.59 Å². The Morgan fingerprint density at radius 3 is 2.28 bits per heavy atom. The van der Waals surface area contributed by atoms with E-state index in [9.17, 15) is 9.59 Å². The van der Waals surface area contributed by atoms with Crippen LogP contribution in [0, 0.1) is 0 Å². The number of ketones is 2. The number of benzene rings is 1. The van der Waals surface area contributed by atoms with Gasteiger partial charge in [0.05, 0.1) is 12.1 Å². The summed E-state index contributed by atoms with van der Waals surface area (Å²) in [7, 11) is 1.55. The number of allylic oxidation sites excluding steroid dienone is 4. The lowest BCUT2D eigenvalue weighted by Gasteiger charge is -2.37. The maximum atomic E-state index is 12.9. The van der Waals surface area contributed by atoms with Crippen molar-refractivity contribution in [2.75, 3.05) is 13.7 Å². The molecule has 4 rings (SSSR count). The second-order valence-electron chi connectivity index (χ2n) is 7.53. The third-order valence-corrected chi connectivity index (χ3v) is 6.00. The molecule has 0 saturated heterocycles. The van der Waals surface area contributed by atoms with Gasteiger partial charge in [0.25, 0.3) is 0 Å². The summed E-state index contributed by atoms with van der Waals surface area (Å²) in [5.41, 5.74) is 4.07. The molecule has 6 heteroatoms. The number of dihydropyridines is 1. The number of hydrogen-bond acceptors (Lipinski definition) is 5. The molecule has 152 valence electrons. The van der Waals surface area contributed by atoms with E-state index in [1.165, 1.54) is 0 Å². The van der Waals surface area contributed by atoms with Crippen molar-refractivity contribution < 1.29 is 19.1 Å². The molecule has 0 bridgehead atoms. The maximum absolute atomic E-state index is 12.9. The molecule has 0 spiro atoms. The van der Waals surface area contributed by atoms with Crippen molar-refractivity contribution in [1.29, 1.82) is 0 Å². The van der Waals surface area contributed by atoms with Gasteiger partial charge < -0.3 is 14.8 Å². The molecular formula is C23H24ClNO4. The largest absolute Gasteiger partial charge is 0.493 e. The molecule has 0 atom stereocenters. The van der Waals surface area contributed by atoms with Crippen LogP contribution < -0.4 is 14.8 Å². The molecule has 0 amide bonds. The summed E-state index contributed by atoms with van der Waals surface area (Å²) in [4.78, 5) is 25.8. The molecule has 1 N–H and O–H groups in total. The van der Waals surface area contributed by atoms with Crippen molar-refractivity contribution in [2.24, 2.45) is 0 Å². The fourth-order valence-electron chi connectivity index (χ4n) is 4.51. The number of hydrogen-bond donors (Lipinski definition) is 1. The Labute approximate surface area is 175 Å². The van der Waals surface area contributed by atoms with Crippen molar-refractivity contribution in [2.45, 2.75) is 44.4 Å². The minimum atomic E-state index is -0.415. The van der Waals surface area contributed by atoms with Gasteiger partial charge in [-0.05, 0) is 43.4 Å². The number of halogens is 1. The second-order valence-corrected chi connectivity index (χ2v) is 7.94. The van der Waals surface area contributed by atoms with E-state index in [0.29, 0.717) is 47.1 Å². The SMILES string of the molecule is C=CCOc1c(Cl)cc(C2C3=C(CCCC3=O)NC3=C2C(=O)CCC3)cc1OC. The molecule has 1 aromatic rings. The fourth-order valence-corrected chi connectivity index (χ4v) is 4.78. The normalized spacial score (nSPS) is 19.5. The van der Waals surface area contributed by atoms with Gasteiger partial charge >= 0.3 is 0 Å². The molecule has 1 aliphatic heterocycles. The second kappa shape index (κ2) is 8.07. The standard InChI is InChI=1S/C23H24ClNO4/c1-3-10-29-23-14(24)11-13(12-19(23)28-2)20-21-15(6-4-8-17(21)26)25-16-7-5-9-18(27)22(16)20/h3,11-12,20,25H,1,4-10H2,2H3. The molecule has 3 aliphatic rings. The Kier molecular flexibility index (Phi) is 5.50. The molecule has 1 heterocycles. The maximum Gasteiger partial charge on any atom is 0.180 e. The van der Waals surface area contributed by atoms with Crippen LogP contribution in [0.2, 0.25) is 5.02 Å². The van der Waals surface area contributed by atoms with Crippen LogP contribution in [0.15, 0.2) is 47.3 Å². The van der Waals surface area contributed by atoms with Crippen LogP contribution in [0.1, 0.15) is 50.0 Å². The van der Waals surface area contributed by atoms with E-state index >= 15 is 0 Å². The number of Topliss-reactive ketones (excluding diaryl/α,β-unsaturated/α-hetero) is 2. The highest BCUT2D eigenvalue weighted by Gasteiger charge is 2.40. The Bertz CT molecular complexity index is 918.